The average molecular weight is 226 g/mol. The predicted octanol–water partition coefficient (Wildman–Crippen LogP) is 2.16. The van der Waals surface area contributed by atoms with Crippen molar-refractivity contribution in [2.24, 2.45) is 0 Å². The van der Waals surface area contributed by atoms with Crippen molar-refractivity contribution in [1.82, 2.24) is 10.2 Å². The summed E-state index contributed by atoms with van der Waals surface area (Å²) in [6.07, 6.45) is 2.93. The van der Waals surface area contributed by atoms with Crippen molar-refractivity contribution in [3.8, 4) is 0 Å². The molecule has 1 rings (SSSR count). The Kier molecular flexibility index (Phi) is 4.36. The Morgan fingerprint density at radius 2 is 1.94 bits per heavy atom. The molecular weight excluding hydrogens is 200 g/mol. The summed E-state index contributed by atoms with van der Waals surface area (Å²) in [6.45, 7) is 11.6. The van der Waals surface area contributed by atoms with Crippen LogP contribution in [0.5, 0.6) is 0 Å². The highest BCUT2D eigenvalue weighted by Gasteiger charge is 2.36. The lowest BCUT2D eigenvalue weighted by Crippen LogP contribution is -2.45. The molecule has 0 aromatic rings. The maximum atomic E-state index is 11.9. The Balaban J connectivity index is 2.53. The Hall–Kier alpha value is -0.570. The summed E-state index contributed by atoms with van der Waals surface area (Å²) in [5.41, 5.74) is -0.0402. The Morgan fingerprint density at radius 3 is 2.31 bits per heavy atom. The number of nitrogens with zero attached hydrogens (tertiary/aromatic N) is 1. The molecule has 3 heteroatoms. The van der Waals surface area contributed by atoms with Crippen LogP contribution < -0.4 is 5.32 Å². The minimum absolute atomic E-state index is 0.0402. The van der Waals surface area contributed by atoms with E-state index in [1.807, 2.05) is 4.90 Å². The van der Waals surface area contributed by atoms with Gasteiger partial charge in [0.25, 0.3) is 0 Å². The van der Waals surface area contributed by atoms with Gasteiger partial charge < -0.3 is 10.2 Å². The molecule has 1 N–H and O–H groups in total. The van der Waals surface area contributed by atoms with Crippen molar-refractivity contribution < 1.29 is 4.79 Å². The summed E-state index contributed by atoms with van der Waals surface area (Å²) in [4.78, 5) is 13.9. The summed E-state index contributed by atoms with van der Waals surface area (Å²) < 4.78 is 0. The lowest BCUT2D eigenvalue weighted by Gasteiger charge is -2.32. The van der Waals surface area contributed by atoms with E-state index in [0.717, 1.165) is 19.4 Å². The van der Waals surface area contributed by atoms with Gasteiger partial charge >= 0.3 is 0 Å². The maximum absolute atomic E-state index is 11.9. The number of carbonyl (C=O) groups excluding carboxylic acids is 1. The lowest BCUT2D eigenvalue weighted by atomic mass is 10.1. The largest absolute Gasteiger partial charge is 0.336 e. The zero-order chi connectivity index (χ0) is 12.3. The molecule has 94 valence electrons. The lowest BCUT2D eigenvalue weighted by molar-refractivity contribution is -0.131. The number of carbonyl (C=O) groups is 1. The first-order valence-corrected chi connectivity index (χ1v) is 6.45. The van der Waals surface area contributed by atoms with E-state index >= 15 is 0 Å². The first-order chi connectivity index (χ1) is 7.38. The van der Waals surface area contributed by atoms with Crippen LogP contribution in [0.4, 0.5) is 0 Å². The zero-order valence-corrected chi connectivity index (χ0v) is 11.3. The van der Waals surface area contributed by atoms with Gasteiger partial charge in [-0.2, -0.15) is 0 Å². The third kappa shape index (κ3) is 3.21. The van der Waals surface area contributed by atoms with Crippen molar-refractivity contribution in [2.45, 2.75) is 71.5 Å². The van der Waals surface area contributed by atoms with Gasteiger partial charge in [0.1, 0.15) is 0 Å². The average Bonchev–Trinajstić information content (AvgIpc) is 2.55. The smallest absolute Gasteiger partial charge is 0.224 e. The van der Waals surface area contributed by atoms with E-state index in [9.17, 15) is 4.79 Å². The molecule has 16 heavy (non-hydrogen) atoms. The molecule has 0 saturated carbocycles. The normalized spacial score (nSPS) is 22.2. The molecule has 1 saturated heterocycles. The van der Waals surface area contributed by atoms with Gasteiger partial charge in [0.05, 0.1) is 0 Å². The van der Waals surface area contributed by atoms with E-state index < -0.39 is 0 Å². The standard InChI is InChI=1S/C13H26N2O/c1-6-10(7-2)14-11-8-12(16)15(9-11)13(3,4)5/h10-11,14H,6-9H2,1-5H3. The highest BCUT2D eigenvalue weighted by molar-refractivity contribution is 5.80. The van der Waals surface area contributed by atoms with Gasteiger partial charge in [0.15, 0.2) is 0 Å². The van der Waals surface area contributed by atoms with Crippen LogP contribution in [0, 0.1) is 0 Å². The number of rotatable bonds is 4. The van der Waals surface area contributed by atoms with Crippen molar-refractivity contribution in [2.75, 3.05) is 6.54 Å². The molecule has 1 amide bonds. The number of hydrogen-bond acceptors (Lipinski definition) is 2. The molecule has 1 heterocycles. The zero-order valence-electron chi connectivity index (χ0n) is 11.3. The van der Waals surface area contributed by atoms with Gasteiger partial charge in [-0.1, -0.05) is 13.8 Å². The molecule has 1 atom stereocenters. The maximum Gasteiger partial charge on any atom is 0.224 e. The van der Waals surface area contributed by atoms with Crippen LogP contribution in [-0.2, 0) is 4.79 Å². The van der Waals surface area contributed by atoms with Crippen LogP contribution in [0.15, 0.2) is 0 Å². The summed E-state index contributed by atoms with van der Waals surface area (Å²) in [5, 5.41) is 3.59. The first-order valence-electron chi connectivity index (χ1n) is 6.45. The van der Waals surface area contributed by atoms with Gasteiger partial charge in [-0.3, -0.25) is 4.79 Å². The van der Waals surface area contributed by atoms with Gasteiger partial charge in [-0.15, -0.1) is 0 Å². The van der Waals surface area contributed by atoms with Crippen molar-refractivity contribution in [1.29, 1.82) is 0 Å². The Bertz CT molecular complexity index is 241. The summed E-state index contributed by atoms with van der Waals surface area (Å²) in [6, 6.07) is 0.898. The number of amides is 1. The highest BCUT2D eigenvalue weighted by atomic mass is 16.2. The van der Waals surface area contributed by atoms with Gasteiger partial charge in [0.2, 0.25) is 5.91 Å². The molecule has 0 aromatic carbocycles. The van der Waals surface area contributed by atoms with Gasteiger partial charge in [-0.05, 0) is 33.6 Å². The molecule has 0 aliphatic carbocycles. The van der Waals surface area contributed by atoms with Crippen LogP contribution in [0.1, 0.15) is 53.9 Å². The van der Waals surface area contributed by atoms with E-state index in [1.54, 1.807) is 0 Å². The fourth-order valence-corrected chi connectivity index (χ4v) is 2.33. The first kappa shape index (κ1) is 13.5. The van der Waals surface area contributed by atoms with E-state index in [-0.39, 0.29) is 11.4 Å². The van der Waals surface area contributed by atoms with E-state index in [2.05, 4.69) is 39.9 Å². The molecule has 1 aliphatic heterocycles. The van der Waals surface area contributed by atoms with Crippen LogP contribution in [-0.4, -0.2) is 35.0 Å². The van der Waals surface area contributed by atoms with Gasteiger partial charge in [0, 0.05) is 30.6 Å². The second-order valence-electron chi connectivity index (χ2n) is 5.76. The molecule has 1 fully saturated rings. The molecule has 0 bridgehead atoms. The Labute approximate surface area is 99.6 Å². The third-order valence-electron chi connectivity index (χ3n) is 3.39. The number of nitrogens with one attached hydrogen (secondary N) is 1. The van der Waals surface area contributed by atoms with E-state index in [0.29, 0.717) is 18.5 Å². The van der Waals surface area contributed by atoms with Crippen LogP contribution in [0.2, 0.25) is 0 Å². The van der Waals surface area contributed by atoms with Crippen molar-refractivity contribution >= 4 is 5.91 Å². The SMILES string of the molecule is CCC(CC)NC1CC(=O)N(C(C)(C)C)C1. The summed E-state index contributed by atoms with van der Waals surface area (Å²) in [5.74, 6) is 0.288. The fourth-order valence-electron chi connectivity index (χ4n) is 2.33. The minimum Gasteiger partial charge on any atom is -0.336 e. The molecule has 0 spiro atoms. The van der Waals surface area contributed by atoms with Crippen molar-refractivity contribution in [3.63, 3.8) is 0 Å². The number of hydrogen-bond donors (Lipinski definition) is 1. The molecule has 3 nitrogen and oxygen atoms in total. The molecule has 0 radical (unpaired) electrons. The predicted molar refractivity (Wildman–Crippen MR) is 67.4 cm³/mol. The fraction of sp³-hybridized carbons (Fsp3) is 0.923. The Morgan fingerprint density at radius 1 is 1.38 bits per heavy atom. The number of likely N-dealkylation sites (tertiary alicyclic amines) is 1. The second-order valence-corrected chi connectivity index (χ2v) is 5.76. The molecule has 1 aliphatic rings. The van der Waals surface area contributed by atoms with Crippen LogP contribution >= 0.6 is 0 Å². The molecular formula is C13H26N2O. The molecule has 1 unspecified atom stereocenters. The quantitative estimate of drug-likeness (QED) is 0.796. The van der Waals surface area contributed by atoms with Crippen LogP contribution in [0.3, 0.4) is 0 Å². The second kappa shape index (κ2) is 5.17. The monoisotopic (exact) mass is 226 g/mol. The minimum atomic E-state index is -0.0402. The summed E-state index contributed by atoms with van der Waals surface area (Å²) >= 11 is 0. The molecule has 0 aromatic heterocycles. The topological polar surface area (TPSA) is 32.3 Å². The van der Waals surface area contributed by atoms with Crippen LogP contribution in [0.25, 0.3) is 0 Å². The van der Waals surface area contributed by atoms with Gasteiger partial charge in [-0.25, -0.2) is 0 Å². The highest BCUT2D eigenvalue weighted by Crippen LogP contribution is 2.22. The summed E-state index contributed by atoms with van der Waals surface area (Å²) in [7, 11) is 0. The van der Waals surface area contributed by atoms with Crippen molar-refractivity contribution in [3.05, 3.63) is 0 Å². The van der Waals surface area contributed by atoms with E-state index in [4.69, 9.17) is 0 Å². The third-order valence-corrected chi connectivity index (χ3v) is 3.39. The van der Waals surface area contributed by atoms with E-state index in [1.165, 1.54) is 0 Å².